The minimum Gasteiger partial charge on any atom is -0.365 e. The zero-order chi connectivity index (χ0) is 12.5. The lowest BCUT2D eigenvalue weighted by Gasteiger charge is -2.13. The minimum absolute atomic E-state index is 0.265. The van der Waals surface area contributed by atoms with Crippen LogP contribution in [0, 0.1) is 11.8 Å². The third kappa shape index (κ3) is 3.61. The smallest absolute Gasteiger partial charge is 0.156 e. The number of thioether (sulfide) groups is 1. The third-order valence-electron chi connectivity index (χ3n) is 3.29. The van der Waals surface area contributed by atoms with E-state index in [-0.39, 0.29) is 5.92 Å². The van der Waals surface area contributed by atoms with Crippen molar-refractivity contribution in [3.05, 3.63) is 0 Å². The fourth-order valence-electron chi connectivity index (χ4n) is 2.10. The summed E-state index contributed by atoms with van der Waals surface area (Å²) in [6, 6.07) is 0. The molecule has 0 aromatic rings. The number of nitrogens with zero attached hydrogens (tertiary/aromatic N) is 1. The van der Waals surface area contributed by atoms with Gasteiger partial charge in [0.25, 0.3) is 0 Å². The lowest BCUT2D eigenvalue weighted by Crippen LogP contribution is -2.27. The summed E-state index contributed by atoms with van der Waals surface area (Å²) < 4.78 is 22.6. The van der Waals surface area contributed by atoms with Crippen LogP contribution in [-0.2, 0) is 9.84 Å². The van der Waals surface area contributed by atoms with Gasteiger partial charge in [0.05, 0.1) is 18.1 Å². The third-order valence-corrected chi connectivity index (χ3v) is 6.62. The Balaban J connectivity index is 1.74. The first-order valence-electron chi connectivity index (χ1n) is 6.11. The van der Waals surface area contributed by atoms with Gasteiger partial charge in [-0.15, -0.1) is 0 Å². The minimum atomic E-state index is -2.75. The zero-order valence-corrected chi connectivity index (χ0v) is 12.0. The van der Waals surface area contributed by atoms with Crippen LogP contribution in [0.3, 0.4) is 0 Å². The molecule has 2 unspecified atom stereocenters. The lowest BCUT2D eigenvalue weighted by atomic mass is 10.1. The van der Waals surface area contributed by atoms with Crippen molar-refractivity contribution in [2.24, 2.45) is 16.8 Å². The topological polar surface area (TPSA) is 58.5 Å². The van der Waals surface area contributed by atoms with Crippen LogP contribution >= 0.6 is 11.8 Å². The average molecular weight is 276 g/mol. The van der Waals surface area contributed by atoms with E-state index >= 15 is 0 Å². The number of hydrogen-bond donors (Lipinski definition) is 1. The van der Waals surface area contributed by atoms with Gasteiger partial charge in [0.15, 0.2) is 15.0 Å². The summed E-state index contributed by atoms with van der Waals surface area (Å²) in [6.45, 7) is 6.04. The molecule has 2 aliphatic rings. The second kappa shape index (κ2) is 5.18. The van der Waals surface area contributed by atoms with Gasteiger partial charge in [-0.2, -0.15) is 0 Å². The standard InChI is InChI=1S/C11H20N2O2S2/c1-8(2)10-6-13-11(16-10)12-5-9-3-4-17(14,15)7-9/h8-10H,3-7H2,1-2H3,(H,12,13). The summed E-state index contributed by atoms with van der Waals surface area (Å²) in [7, 11) is -2.75. The summed E-state index contributed by atoms with van der Waals surface area (Å²) >= 11 is 1.79. The van der Waals surface area contributed by atoms with Crippen molar-refractivity contribution in [2.45, 2.75) is 25.5 Å². The molecule has 0 aromatic carbocycles. The van der Waals surface area contributed by atoms with Crippen molar-refractivity contribution in [3.8, 4) is 0 Å². The van der Waals surface area contributed by atoms with Crippen molar-refractivity contribution in [1.82, 2.24) is 5.32 Å². The zero-order valence-electron chi connectivity index (χ0n) is 10.3. The molecule has 1 fully saturated rings. The quantitative estimate of drug-likeness (QED) is 0.840. The molecule has 1 N–H and O–H groups in total. The van der Waals surface area contributed by atoms with Crippen molar-refractivity contribution >= 4 is 26.8 Å². The van der Waals surface area contributed by atoms with E-state index in [1.165, 1.54) is 0 Å². The maximum absolute atomic E-state index is 11.3. The van der Waals surface area contributed by atoms with Crippen molar-refractivity contribution in [1.29, 1.82) is 0 Å². The van der Waals surface area contributed by atoms with E-state index < -0.39 is 9.84 Å². The van der Waals surface area contributed by atoms with E-state index in [1.54, 1.807) is 11.8 Å². The van der Waals surface area contributed by atoms with Crippen molar-refractivity contribution in [2.75, 3.05) is 24.6 Å². The van der Waals surface area contributed by atoms with E-state index in [0.29, 0.717) is 22.7 Å². The highest BCUT2D eigenvalue weighted by Gasteiger charge is 2.29. The Hall–Kier alpha value is -0.230. The first-order chi connectivity index (χ1) is 7.96. The van der Waals surface area contributed by atoms with Gasteiger partial charge in [0.2, 0.25) is 0 Å². The largest absolute Gasteiger partial charge is 0.365 e. The van der Waals surface area contributed by atoms with Crippen LogP contribution in [-0.4, -0.2) is 43.4 Å². The Labute approximate surface area is 108 Å². The summed E-state index contributed by atoms with van der Waals surface area (Å²) in [6.07, 6.45) is 0.793. The van der Waals surface area contributed by atoms with Crippen LogP contribution in [0.2, 0.25) is 0 Å². The van der Waals surface area contributed by atoms with Gasteiger partial charge in [-0.05, 0) is 18.3 Å². The number of sulfone groups is 1. The molecule has 0 saturated carbocycles. The monoisotopic (exact) mass is 276 g/mol. The highest BCUT2D eigenvalue weighted by Crippen LogP contribution is 2.26. The summed E-state index contributed by atoms with van der Waals surface area (Å²) in [5.41, 5.74) is 0. The molecule has 98 valence electrons. The van der Waals surface area contributed by atoms with Crippen LogP contribution < -0.4 is 5.32 Å². The summed E-state index contributed by atoms with van der Waals surface area (Å²) in [4.78, 5) is 4.45. The van der Waals surface area contributed by atoms with Crippen LogP contribution in [0.4, 0.5) is 0 Å². The van der Waals surface area contributed by atoms with Gasteiger partial charge < -0.3 is 5.32 Å². The first-order valence-corrected chi connectivity index (χ1v) is 8.82. The maximum atomic E-state index is 11.3. The van der Waals surface area contributed by atoms with Gasteiger partial charge in [0, 0.05) is 11.8 Å². The predicted octanol–water partition coefficient (Wildman–Crippen LogP) is 1.14. The SMILES string of the molecule is CC(C)C1CN=C(NCC2CCS(=O)(=O)C2)S1. The molecule has 6 heteroatoms. The molecule has 2 aliphatic heterocycles. The highest BCUT2D eigenvalue weighted by atomic mass is 32.2. The van der Waals surface area contributed by atoms with E-state index in [9.17, 15) is 8.42 Å². The van der Waals surface area contributed by atoms with Crippen molar-refractivity contribution in [3.63, 3.8) is 0 Å². The van der Waals surface area contributed by atoms with Crippen LogP contribution in [0.5, 0.6) is 0 Å². The van der Waals surface area contributed by atoms with E-state index in [2.05, 4.69) is 24.2 Å². The van der Waals surface area contributed by atoms with E-state index in [4.69, 9.17) is 0 Å². The first kappa shape index (κ1) is 13.2. The molecule has 0 aliphatic carbocycles. The maximum Gasteiger partial charge on any atom is 0.156 e. The van der Waals surface area contributed by atoms with Gasteiger partial charge in [-0.1, -0.05) is 25.6 Å². The molecule has 0 spiro atoms. The number of nitrogens with one attached hydrogen (secondary N) is 1. The summed E-state index contributed by atoms with van der Waals surface area (Å²) in [5, 5.41) is 4.86. The Morgan fingerprint density at radius 3 is 2.82 bits per heavy atom. The molecule has 2 heterocycles. The number of amidine groups is 1. The molecule has 0 bridgehead atoms. The second-order valence-corrected chi connectivity index (χ2v) is 8.65. The molecule has 2 rings (SSSR count). The molecule has 0 aromatic heterocycles. The fourth-order valence-corrected chi connectivity index (χ4v) is 4.99. The van der Waals surface area contributed by atoms with Gasteiger partial charge in [0.1, 0.15) is 0 Å². The molecular formula is C11H20N2O2S2. The van der Waals surface area contributed by atoms with Gasteiger partial charge in [-0.25, -0.2) is 8.42 Å². The molecule has 0 amide bonds. The predicted molar refractivity (Wildman–Crippen MR) is 73.3 cm³/mol. The van der Waals surface area contributed by atoms with Crippen LogP contribution in [0.25, 0.3) is 0 Å². The Kier molecular flexibility index (Phi) is 4.02. The number of rotatable bonds is 3. The van der Waals surface area contributed by atoms with Crippen LogP contribution in [0.15, 0.2) is 4.99 Å². The Bertz CT molecular complexity index is 404. The number of aliphatic imine (C=N–C) groups is 1. The molecule has 4 nitrogen and oxygen atoms in total. The van der Waals surface area contributed by atoms with Crippen molar-refractivity contribution < 1.29 is 8.42 Å². The lowest BCUT2D eigenvalue weighted by molar-refractivity contribution is 0.574. The fraction of sp³-hybridized carbons (Fsp3) is 0.909. The molecule has 17 heavy (non-hydrogen) atoms. The van der Waals surface area contributed by atoms with E-state index in [0.717, 1.165) is 24.7 Å². The highest BCUT2D eigenvalue weighted by molar-refractivity contribution is 8.14. The van der Waals surface area contributed by atoms with Gasteiger partial charge >= 0.3 is 0 Å². The second-order valence-electron chi connectivity index (χ2n) is 5.20. The average Bonchev–Trinajstić information content (AvgIpc) is 2.81. The normalized spacial score (nSPS) is 31.8. The molecule has 0 radical (unpaired) electrons. The molecular weight excluding hydrogens is 256 g/mol. The van der Waals surface area contributed by atoms with Crippen LogP contribution in [0.1, 0.15) is 20.3 Å². The van der Waals surface area contributed by atoms with E-state index in [1.807, 2.05) is 0 Å². The Morgan fingerprint density at radius 1 is 1.53 bits per heavy atom. The summed E-state index contributed by atoms with van der Waals surface area (Å²) in [5.74, 6) is 1.59. The number of hydrogen-bond acceptors (Lipinski definition) is 5. The Morgan fingerprint density at radius 2 is 2.29 bits per heavy atom. The molecule has 2 atom stereocenters. The molecule has 1 saturated heterocycles. The van der Waals surface area contributed by atoms with Gasteiger partial charge in [-0.3, -0.25) is 4.99 Å².